The summed E-state index contributed by atoms with van der Waals surface area (Å²) >= 11 is 0. The second-order valence-electron chi connectivity index (χ2n) is 3.80. The topological polar surface area (TPSA) is 52.6 Å². The number of carbonyl (C=O) groups is 2. The van der Waals surface area contributed by atoms with Crippen molar-refractivity contribution in [1.29, 1.82) is 0 Å². The smallest absolute Gasteiger partial charge is 0.338 e. The van der Waals surface area contributed by atoms with Crippen LogP contribution in [0.4, 0.5) is 0 Å². The van der Waals surface area contributed by atoms with Crippen molar-refractivity contribution in [2.75, 3.05) is 13.7 Å². The second-order valence-corrected chi connectivity index (χ2v) is 3.80. The van der Waals surface area contributed by atoms with Gasteiger partial charge in [-0.15, -0.1) is 0 Å². The summed E-state index contributed by atoms with van der Waals surface area (Å²) in [6.07, 6.45) is -0.292. The van der Waals surface area contributed by atoms with Crippen LogP contribution < -0.4 is 0 Å². The molecule has 0 N–H and O–H groups in total. The summed E-state index contributed by atoms with van der Waals surface area (Å²) in [5, 5.41) is 0. The predicted octanol–water partition coefficient (Wildman–Crippen LogP) is 2.08. The molecule has 0 radical (unpaired) electrons. The number of benzene rings is 1. The Morgan fingerprint density at radius 3 is 2.18 bits per heavy atom. The van der Waals surface area contributed by atoms with Gasteiger partial charge in [-0.05, 0) is 26.0 Å². The van der Waals surface area contributed by atoms with Gasteiger partial charge in [0.05, 0.1) is 12.2 Å². The molecule has 0 aromatic heterocycles. The highest BCUT2D eigenvalue weighted by Crippen LogP contribution is 2.08. The number of Topliss-reactive ketones (excluding diaryl/α,β-unsaturated/α-hetero) is 1. The van der Waals surface area contributed by atoms with E-state index in [0.29, 0.717) is 17.7 Å². The number of hydrogen-bond acceptors (Lipinski definition) is 4. The maximum absolute atomic E-state index is 11.6. The standard InChI is InChI=1S/C13H16O4/c1-9(8-16-3)17-13(15)12-6-4-11(5-7-12)10(2)14/h4-7,9H,8H2,1-3H3/t9-/m0/s1. The van der Waals surface area contributed by atoms with E-state index in [1.54, 1.807) is 38.3 Å². The van der Waals surface area contributed by atoms with Crippen molar-refractivity contribution in [2.45, 2.75) is 20.0 Å². The van der Waals surface area contributed by atoms with Crippen LogP contribution in [0, 0.1) is 0 Å². The highest BCUT2D eigenvalue weighted by Gasteiger charge is 2.12. The Labute approximate surface area is 101 Å². The summed E-state index contributed by atoms with van der Waals surface area (Å²) in [5.74, 6) is -0.442. The molecule has 0 saturated carbocycles. The highest BCUT2D eigenvalue weighted by molar-refractivity contribution is 5.96. The lowest BCUT2D eigenvalue weighted by Gasteiger charge is -2.12. The van der Waals surface area contributed by atoms with E-state index < -0.39 is 5.97 Å². The molecular formula is C13H16O4. The minimum Gasteiger partial charge on any atom is -0.457 e. The van der Waals surface area contributed by atoms with Crippen LogP contribution in [-0.2, 0) is 9.47 Å². The van der Waals surface area contributed by atoms with E-state index in [4.69, 9.17) is 9.47 Å². The molecule has 0 unspecified atom stereocenters. The largest absolute Gasteiger partial charge is 0.457 e. The number of ether oxygens (including phenoxy) is 2. The van der Waals surface area contributed by atoms with E-state index in [2.05, 4.69) is 0 Å². The molecule has 1 atom stereocenters. The van der Waals surface area contributed by atoms with Gasteiger partial charge in [-0.25, -0.2) is 4.79 Å². The molecule has 0 aliphatic heterocycles. The van der Waals surface area contributed by atoms with E-state index >= 15 is 0 Å². The number of rotatable bonds is 5. The van der Waals surface area contributed by atoms with Gasteiger partial charge in [0.15, 0.2) is 5.78 Å². The molecule has 0 heterocycles. The van der Waals surface area contributed by atoms with Gasteiger partial charge >= 0.3 is 5.97 Å². The summed E-state index contributed by atoms with van der Waals surface area (Å²) in [7, 11) is 1.55. The average Bonchev–Trinajstić information content (AvgIpc) is 2.29. The van der Waals surface area contributed by atoms with Crippen LogP contribution in [0.1, 0.15) is 34.6 Å². The van der Waals surface area contributed by atoms with Gasteiger partial charge in [0.1, 0.15) is 6.10 Å². The van der Waals surface area contributed by atoms with Crippen LogP contribution in [0.25, 0.3) is 0 Å². The minimum atomic E-state index is -0.412. The third-order valence-corrected chi connectivity index (χ3v) is 2.24. The Morgan fingerprint density at radius 1 is 1.18 bits per heavy atom. The third kappa shape index (κ3) is 4.00. The first-order valence-corrected chi connectivity index (χ1v) is 5.35. The first kappa shape index (κ1) is 13.4. The minimum absolute atomic E-state index is 0.0299. The fourth-order valence-corrected chi connectivity index (χ4v) is 1.36. The molecule has 17 heavy (non-hydrogen) atoms. The Hall–Kier alpha value is -1.68. The Bertz CT molecular complexity index is 394. The van der Waals surface area contributed by atoms with E-state index in [1.807, 2.05) is 0 Å². The molecule has 0 bridgehead atoms. The highest BCUT2D eigenvalue weighted by atomic mass is 16.6. The molecule has 1 aromatic carbocycles. The lowest BCUT2D eigenvalue weighted by molar-refractivity contribution is 0.0120. The Kier molecular flexibility index (Phi) is 4.84. The predicted molar refractivity (Wildman–Crippen MR) is 63.2 cm³/mol. The van der Waals surface area contributed by atoms with Crippen LogP contribution in [0.3, 0.4) is 0 Å². The van der Waals surface area contributed by atoms with Crippen molar-refractivity contribution in [3.8, 4) is 0 Å². The summed E-state index contributed by atoms with van der Waals surface area (Å²) < 4.78 is 10.00. The zero-order valence-corrected chi connectivity index (χ0v) is 10.2. The van der Waals surface area contributed by atoms with E-state index in [-0.39, 0.29) is 11.9 Å². The monoisotopic (exact) mass is 236 g/mol. The zero-order valence-electron chi connectivity index (χ0n) is 10.2. The maximum Gasteiger partial charge on any atom is 0.338 e. The molecule has 0 aliphatic carbocycles. The summed E-state index contributed by atoms with van der Waals surface area (Å²) in [6, 6.07) is 6.39. The van der Waals surface area contributed by atoms with Crippen molar-refractivity contribution < 1.29 is 19.1 Å². The van der Waals surface area contributed by atoms with Gasteiger partial charge in [0, 0.05) is 12.7 Å². The molecule has 0 aliphatic rings. The molecule has 4 nitrogen and oxygen atoms in total. The normalized spacial score (nSPS) is 11.9. The van der Waals surface area contributed by atoms with Crippen molar-refractivity contribution >= 4 is 11.8 Å². The molecule has 92 valence electrons. The third-order valence-electron chi connectivity index (χ3n) is 2.24. The molecule has 1 aromatic rings. The van der Waals surface area contributed by atoms with Crippen molar-refractivity contribution in [3.05, 3.63) is 35.4 Å². The first-order valence-electron chi connectivity index (χ1n) is 5.35. The van der Waals surface area contributed by atoms with Gasteiger partial charge in [-0.1, -0.05) is 12.1 Å². The number of esters is 1. The molecule has 4 heteroatoms. The molecule has 0 saturated heterocycles. The van der Waals surface area contributed by atoms with Gasteiger partial charge in [0.25, 0.3) is 0 Å². The SMILES string of the molecule is COC[C@H](C)OC(=O)c1ccc(C(C)=O)cc1. The fraction of sp³-hybridized carbons (Fsp3) is 0.385. The van der Waals surface area contributed by atoms with Gasteiger partial charge in [-0.2, -0.15) is 0 Å². The lowest BCUT2D eigenvalue weighted by Crippen LogP contribution is -2.19. The average molecular weight is 236 g/mol. The summed E-state index contributed by atoms with van der Waals surface area (Å²) in [5.41, 5.74) is 1.00. The molecule has 0 amide bonds. The lowest BCUT2D eigenvalue weighted by atomic mass is 10.1. The fourth-order valence-electron chi connectivity index (χ4n) is 1.36. The van der Waals surface area contributed by atoms with Gasteiger partial charge < -0.3 is 9.47 Å². The van der Waals surface area contributed by atoms with E-state index in [9.17, 15) is 9.59 Å². The Morgan fingerprint density at radius 2 is 1.71 bits per heavy atom. The molecule has 1 rings (SSSR count). The van der Waals surface area contributed by atoms with Crippen LogP contribution in [-0.4, -0.2) is 31.6 Å². The Balaban J connectivity index is 2.66. The van der Waals surface area contributed by atoms with Crippen molar-refractivity contribution in [1.82, 2.24) is 0 Å². The quantitative estimate of drug-likeness (QED) is 0.580. The van der Waals surface area contributed by atoms with Crippen molar-refractivity contribution in [3.63, 3.8) is 0 Å². The number of ketones is 1. The maximum atomic E-state index is 11.6. The number of methoxy groups -OCH3 is 1. The van der Waals surface area contributed by atoms with E-state index in [1.165, 1.54) is 6.92 Å². The summed E-state index contributed by atoms with van der Waals surface area (Å²) in [4.78, 5) is 22.7. The molecular weight excluding hydrogens is 220 g/mol. The number of hydrogen-bond donors (Lipinski definition) is 0. The van der Waals surface area contributed by atoms with Gasteiger partial charge in [-0.3, -0.25) is 4.79 Å². The van der Waals surface area contributed by atoms with Crippen LogP contribution in [0.5, 0.6) is 0 Å². The van der Waals surface area contributed by atoms with Gasteiger partial charge in [0.2, 0.25) is 0 Å². The van der Waals surface area contributed by atoms with E-state index in [0.717, 1.165) is 0 Å². The first-order chi connectivity index (χ1) is 8.04. The summed E-state index contributed by atoms with van der Waals surface area (Å²) in [6.45, 7) is 3.59. The van der Waals surface area contributed by atoms with Crippen molar-refractivity contribution in [2.24, 2.45) is 0 Å². The molecule has 0 fully saturated rings. The molecule has 0 spiro atoms. The van der Waals surface area contributed by atoms with Crippen LogP contribution >= 0.6 is 0 Å². The zero-order chi connectivity index (χ0) is 12.8. The second kappa shape index (κ2) is 6.15. The number of carbonyl (C=O) groups excluding carboxylic acids is 2. The van der Waals surface area contributed by atoms with Crippen LogP contribution in [0.2, 0.25) is 0 Å². The van der Waals surface area contributed by atoms with Crippen LogP contribution in [0.15, 0.2) is 24.3 Å².